The summed E-state index contributed by atoms with van der Waals surface area (Å²) in [4.78, 5) is 13.5. The maximum atomic E-state index is 12.1. The van der Waals surface area contributed by atoms with E-state index in [1.54, 1.807) is 31.3 Å². The fraction of sp³-hybridized carbons (Fsp3) is 0.154. The van der Waals surface area contributed by atoms with Gasteiger partial charge in [-0.15, -0.1) is 11.6 Å². The molecule has 1 aromatic carbocycles. The Morgan fingerprint density at radius 1 is 1.28 bits per heavy atom. The van der Waals surface area contributed by atoms with Gasteiger partial charge in [0.1, 0.15) is 11.5 Å². The topological polar surface area (TPSA) is 53.7 Å². The lowest BCUT2D eigenvalue weighted by atomic mass is 10.2. The van der Waals surface area contributed by atoms with Crippen LogP contribution >= 0.6 is 11.6 Å². The molecule has 0 bridgehead atoms. The molecule has 2 rings (SSSR count). The van der Waals surface area contributed by atoms with Crippen molar-refractivity contribution >= 4 is 23.2 Å². The monoisotopic (exact) mass is 265 g/mol. The molecular weight excluding hydrogens is 254 g/mol. The molecule has 0 spiro atoms. The van der Waals surface area contributed by atoms with E-state index >= 15 is 0 Å². The quantitative estimate of drug-likeness (QED) is 0.868. The highest BCUT2D eigenvalue weighted by Gasteiger charge is 2.17. The minimum absolute atomic E-state index is 0.155. The summed E-state index contributed by atoms with van der Waals surface area (Å²) in [6.45, 7) is 0. The number of phenolic OH excluding ortho intramolecular Hbond substituents is 1. The largest absolute Gasteiger partial charge is 0.508 e. The van der Waals surface area contributed by atoms with Gasteiger partial charge in [-0.1, -0.05) is 0 Å². The first-order valence-electron chi connectivity index (χ1n) is 5.33. The Morgan fingerprint density at radius 3 is 2.50 bits per heavy atom. The minimum Gasteiger partial charge on any atom is -0.508 e. The number of hydrogen-bond donors (Lipinski definition) is 1. The van der Waals surface area contributed by atoms with Crippen molar-refractivity contribution in [3.05, 3.63) is 47.9 Å². The van der Waals surface area contributed by atoms with Crippen LogP contribution in [0.4, 0.5) is 5.69 Å². The number of carbonyl (C=O) groups is 1. The summed E-state index contributed by atoms with van der Waals surface area (Å²) in [5.41, 5.74) is 0.668. The Hall–Kier alpha value is -1.94. The lowest BCUT2D eigenvalue weighted by Gasteiger charge is -2.15. The molecule has 1 amide bonds. The van der Waals surface area contributed by atoms with Gasteiger partial charge < -0.3 is 14.4 Å². The van der Waals surface area contributed by atoms with Crippen LogP contribution in [0.25, 0.3) is 0 Å². The molecule has 2 aromatic rings. The second kappa shape index (κ2) is 5.14. The standard InChI is InChI=1S/C13H12ClNO3/c1-15(9-2-4-10(16)5-3-9)13(17)12-7-6-11(8-14)18-12/h2-7,16H,8H2,1H3. The van der Waals surface area contributed by atoms with E-state index in [1.165, 1.54) is 17.0 Å². The van der Waals surface area contributed by atoms with Crippen LogP contribution in [0.2, 0.25) is 0 Å². The maximum Gasteiger partial charge on any atom is 0.293 e. The van der Waals surface area contributed by atoms with E-state index in [-0.39, 0.29) is 23.3 Å². The normalized spacial score (nSPS) is 10.3. The average Bonchev–Trinajstić information content (AvgIpc) is 2.86. The zero-order valence-corrected chi connectivity index (χ0v) is 10.5. The Morgan fingerprint density at radius 2 is 1.94 bits per heavy atom. The van der Waals surface area contributed by atoms with Gasteiger partial charge in [-0.25, -0.2) is 0 Å². The average molecular weight is 266 g/mol. The molecule has 1 N–H and O–H groups in total. The van der Waals surface area contributed by atoms with Crippen LogP contribution in [0, 0.1) is 0 Å². The van der Waals surface area contributed by atoms with Crippen molar-refractivity contribution < 1.29 is 14.3 Å². The van der Waals surface area contributed by atoms with E-state index < -0.39 is 0 Å². The van der Waals surface area contributed by atoms with Crippen LogP contribution < -0.4 is 4.90 Å². The number of carbonyl (C=O) groups excluding carboxylic acids is 1. The first kappa shape index (κ1) is 12.5. The molecule has 0 saturated carbocycles. The van der Waals surface area contributed by atoms with Gasteiger partial charge in [0, 0.05) is 12.7 Å². The van der Waals surface area contributed by atoms with Crippen molar-refractivity contribution in [3.63, 3.8) is 0 Å². The summed E-state index contributed by atoms with van der Waals surface area (Å²) in [7, 11) is 1.64. The second-order valence-electron chi connectivity index (χ2n) is 3.78. The van der Waals surface area contributed by atoms with Crippen molar-refractivity contribution in [2.75, 3.05) is 11.9 Å². The van der Waals surface area contributed by atoms with Gasteiger partial charge in [-0.05, 0) is 36.4 Å². The van der Waals surface area contributed by atoms with Gasteiger partial charge >= 0.3 is 0 Å². The number of hydrogen-bond acceptors (Lipinski definition) is 3. The molecule has 0 saturated heterocycles. The number of amides is 1. The predicted octanol–water partition coefficient (Wildman–Crippen LogP) is 3.00. The predicted molar refractivity (Wildman–Crippen MR) is 69.1 cm³/mol. The maximum absolute atomic E-state index is 12.1. The number of phenols is 1. The smallest absolute Gasteiger partial charge is 0.293 e. The molecule has 0 unspecified atom stereocenters. The fourth-order valence-electron chi connectivity index (χ4n) is 1.52. The summed E-state index contributed by atoms with van der Waals surface area (Å²) >= 11 is 5.61. The van der Waals surface area contributed by atoms with Crippen LogP contribution in [0.1, 0.15) is 16.3 Å². The van der Waals surface area contributed by atoms with Crippen LogP contribution in [0.5, 0.6) is 5.75 Å². The number of rotatable bonds is 3. The highest BCUT2D eigenvalue weighted by Crippen LogP contribution is 2.20. The highest BCUT2D eigenvalue weighted by molar-refractivity contribution is 6.16. The molecule has 0 aliphatic carbocycles. The van der Waals surface area contributed by atoms with Crippen molar-refractivity contribution in [3.8, 4) is 5.75 Å². The van der Waals surface area contributed by atoms with Gasteiger partial charge in [0.25, 0.3) is 5.91 Å². The molecule has 0 aliphatic heterocycles. The molecule has 5 heteroatoms. The number of halogens is 1. The van der Waals surface area contributed by atoms with Gasteiger partial charge in [-0.3, -0.25) is 4.79 Å². The first-order chi connectivity index (χ1) is 8.61. The van der Waals surface area contributed by atoms with E-state index in [9.17, 15) is 9.90 Å². The van der Waals surface area contributed by atoms with Gasteiger partial charge in [-0.2, -0.15) is 0 Å². The Balaban J connectivity index is 2.20. The van der Waals surface area contributed by atoms with Crippen LogP contribution in [0.3, 0.4) is 0 Å². The van der Waals surface area contributed by atoms with E-state index in [4.69, 9.17) is 16.0 Å². The number of alkyl halides is 1. The third kappa shape index (κ3) is 2.49. The van der Waals surface area contributed by atoms with Gasteiger partial charge in [0.05, 0.1) is 5.88 Å². The second-order valence-corrected chi connectivity index (χ2v) is 4.05. The Bertz CT molecular complexity index is 548. The summed E-state index contributed by atoms with van der Waals surface area (Å²) < 4.78 is 5.29. The van der Waals surface area contributed by atoms with Crippen LogP contribution in [-0.4, -0.2) is 18.1 Å². The molecule has 94 valence electrons. The molecule has 0 atom stereocenters. The zero-order chi connectivity index (χ0) is 13.1. The lowest BCUT2D eigenvalue weighted by Crippen LogP contribution is -2.25. The fourth-order valence-corrected chi connectivity index (χ4v) is 1.67. The highest BCUT2D eigenvalue weighted by atomic mass is 35.5. The Kier molecular flexibility index (Phi) is 3.58. The summed E-state index contributed by atoms with van der Waals surface area (Å²) in [6.07, 6.45) is 0. The molecule has 0 radical (unpaired) electrons. The Labute approximate surface area is 109 Å². The molecule has 1 aromatic heterocycles. The van der Waals surface area contributed by atoms with Gasteiger partial charge in [0.2, 0.25) is 0 Å². The molecule has 1 heterocycles. The third-order valence-electron chi connectivity index (χ3n) is 2.55. The van der Waals surface area contributed by atoms with Crippen molar-refractivity contribution in [2.24, 2.45) is 0 Å². The summed E-state index contributed by atoms with van der Waals surface area (Å²) in [5.74, 6) is 0.912. The number of benzene rings is 1. The molecule has 0 fully saturated rings. The van der Waals surface area contributed by atoms with E-state index in [0.717, 1.165) is 0 Å². The summed E-state index contributed by atoms with van der Waals surface area (Å²) in [6, 6.07) is 9.61. The van der Waals surface area contributed by atoms with E-state index in [0.29, 0.717) is 11.4 Å². The third-order valence-corrected chi connectivity index (χ3v) is 2.81. The van der Waals surface area contributed by atoms with Crippen molar-refractivity contribution in [1.29, 1.82) is 0 Å². The SMILES string of the molecule is CN(C(=O)c1ccc(CCl)o1)c1ccc(O)cc1. The van der Waals surface area contributed by atoms with E-state index in [2.05, 4.69) is 0 Å². The summed E-state index contributed by atoms with van der Waals surface area (Å²) in [5, 5.41) is 9.19. The molecule has 4 nitrogen and oxygen atoms in total. The first-order valence-corrected chi connectivity index (χ1v) is 5.87. The zero-order valence-electron chi connectivity index (χ0n) is 9.76. The molecule has 18 heavy (non-hydrogen) atoms. The number of aromatic hydroxyl groups is 1. The van der Waals surface area contributed by atoms with E-state index in [1.807, 2.05) is 0 Å². The van der Waals surface area contributed by atoms with Crippen LogP contribution in [-0.2, 0) is 5.88 Å². The molecule has 0 aliphatic rings. The number of furan rings is 1. The van der Waals surface area contributed by atoms with Crippen LogP contribution in [0.15, 0.2) is 40.8 Å². The van der Waals surface area contributed by atoms with Crippen molar-refractivity contribution in [1.82, 2.24) is 0 Å². The van der Waals surface area contributed by atoms with Gasteiger partial charge in [0.15, 0.2) is 5.76 Å². The van der Waals surface area contributed by atoms with Crippen molar-refractivity contribution in [2.45, 2.75) is 5.88 Å². The lowest BCUT2D eigenvalue weighted by molar-refractivity contribution is 0.0965. The minimum atomic E-state index is -0.267. The number of nitrogens with zero attached hydrogens (tertiary/aromatic N) is 1. The number of anilines is 1. The molecular formula is C13H12ClNO3.